The molecular weight excluding hydrogens is 226 g/mol. The van der Waals surface area contributed by atoms with Crippen molar-refractivity contribution < 1.29 is 9.53 Å². The quantitative estimate of drug-likeness (QED) is 0.722. The van der Waals surface area contributed by atoms with Gasteiger partial charge in [-0.15, -0.1) is 0 Å². The fourth-order valence-corrected chi connectivity index (χ4v) is 3.27. The number of rotatable bonds is 4. The minimum Gasteiger partial charge on any atom is -0.465 e. The fourth-order valence-electron chi connectivity index (χ4n) is 3.27. The summed E-state index contributed by atoms with van der Waals surface area (Å²) in [5, 5.41) is 0. The van der Waals surface area contributed by atoms with Crippen LogP contribution in [0.2, 0.25) is 0 Å². The molecule has 0 aromatic heterocycles. The normalized spacial score (nSPS) is 30.6. The maximum Gasteiger partial charge on any atom is 0.308 e. The zero-order valence-corrected chi connectivity index (χ0v) is 11.9. The Balaban J connectivity index is 1.82. The zero-order valence-electron chi connectivity index (χ0n) is 11.9. The van der Waals surface area contributed by atoms with Gasteiger partial charge in [0.1, 0.15) is 0 Å². The van der Waals surface area contributed by atoms with Crippen molar-refractivity contribution in [2.75, 3.05) is 19.7 Å². The minimum absolute atomic E-state index is 0.00886. The van der Waals surface area contributed by atoms with Gasteiger partial charge in [0.25, 0.3) is 0 Å². The third kappa shape index (κ3) is 3.25. The van der Waals surface area contributed by atoms with E-state index in [2.05, 4.69) is 4.90 Å². The van der Waals surface area contributed by atoms with Crippen LogP contribution < -0.4 is 0 Å². The summed E-state index contributed by atoms with van der Waals surface area (Å²) in [7, 11) is 0. The molecule has 0 spiro atoms. The first-order valence-corrected chi connectivity index (χ1v) is 7.63. The van der Waals surface area contributed by atoms with Gasteiger partial charge in [-0.3, -0.25) is 9.69 Å². The molecule has 0 N–H and O–H groups in total. The monoisotopic (exact) mass is 253 g/mol. The van der Waals surface area contributed by atoms with Gasteiger partial charge in [0, 0.05) is 12.0 Å². The van der Waals surface area contributed by atoms with Crippen LogP contribution in [-0.4, -0.2) is 36.6 Å². The van der Waals surface area contributed by atoms with Crippen LogP contribution in [0.25, 0.3) is 0 Å². The predicted octanol–water partition coefficient (Wildman–Crippen LogP) is 2.84. The molecule has 2 fully saturated rings. The van der Waals surface area contributed by atoms with Gasteiger partial charge in [-0.05, 0) is 45.2 Å². The lowest BCUT2D eigenvalue weighted by Crippen LogP contribution is -2.49. The van der Waals surface area contributed by atoms with E-state index in [9.17, 15) is 4.79 Å². The smallest absolute Gasteiger partial charge is 0.308 e. The summed E-state index contributed by atoms with van der Waals surface area (Å²) < 4.78 is 5.52. The van der Waals surface area contributed by atoms with Crippen molar-refractivity contribution in [2.45, 2.75) is 58.4 Å². The zero-order chi connectivity index (χ0) is 13.0. The summed E-state index contributed by atoms with van der Waals surface area (Å²) in [5.41, 5.74) is 0. The number of piperidine rings is 2. The first-order valence-electron chi connectivity index (χ1n) is 7.63. The lowest BCUT2D eigenvalue weighted by atomic mass is 9.84. The highest BCUT2D eigenvalue weighted by Gasteiger charge is 2.33. The van der Waals surface area contributed by atoms with Crippen molar-refractivity contribution in [3.8, 4) is 0 Å². The SMILES string of the molecule is CCC(C)C(=O)OCC1CCCN2CCCCC12. The van der Waals surface area contributed by atoms with Crippen LogP contribution in [0.4, 0.5) is 0 Å². The minimum atomic E-state index is -0.00886. The van der Waals surface area contributed by atoms with Crippen LogP contribution in [-0.2, 0) is 9.53 Å². The van der Waals surface area contributed by atoms with Gasteiger partial charge < -0.3 is 4.74 Å². The molecule has 2 aliphatic rings. The second kappa shape index (κ2) is 6.55. The van der Waals surface area contributed by atoms with E-state index in [1.807, 2.05) is 13.8 Å². The van der Waals surface area contributed by atoms with E-state index >= 15 is 0 Å². The standard InChI is InChI=1S/C15H27NO2/c1-3-12(2)15(17)18-11-13-7-6-10-16-9-5-4-8-14(13)16/h12-14H,3-11H2,1-2H3. The van der Waals surface area contributed by atoms with Crippen LogP contribution >= 0.6 is 0 Å². The van der Waals surface area contributed by atoms with Gasteiger partial charge in [0.05, 0.1) is 12.5 Å². The topological polar surface area (TPSA) is 29.5 Å². The third-order valence-electron chi connectivity index (χ3n) is 4.68. The molecule has 2 rings (SSSR count). The second-order valence-electron chi connectivity index (χ2n) is 5.94. The van der Waals surface area contributed by atoms with Gasteiger partial charge in [-0.1, -0.05) is 20.3 Å². The second-order valence-corrected chi connectivity index (χ2v) is 5.94. The first kappa shape index (κ1) is 13.9. The molecule has 104 valence electrons. The van der Waals surface area contributed by atoms with Crippen LogP contribution in [0.5, 0.6) is 0 Å². The van der Waals surface area contributed by atoms with Crippen LogP contribution in [0.3, 0.4) is 0 Å². The molecule has 3 heteroatoms. The van der Waals surface area contributed by atoms with Crippen molar-refractivity contribution in [1.29, 1.82) is 0 Å². The number of carbonyl (C=O) groups excluding carboxylic acids is 1. The van der Waals surface area contributed by atoms with E-state index in [1.165, 1.54) is 45.2 Å². The third-order valence-corrected chi connectivity index (χ3v) is 4.68. The molecule has 18 heavy (non-hydrogen) atoms. The number of esters is 1. The summed E-state index contributed by atoms with van der Waals surface area (Å²) in [6, 6.07) is 0.678. The highest BCUT2D eigenvalue weighted by molar-refractivity contribution is 5.71. The molecule has 2 aliphatic heterocycles. The van der Waals surface area contributed by atoms with E-state index in [1.54, 1.807) is 0 Å². The highest BCUT2D eigenvalue weighted by atomic mass is 16.5. The summed E-state index contributed by atoms with van der Waals surface area (Å²) in [6.45, 7) is 7.14. The number of nitrogens with zero attached hydrogens (tertiary/aromatic N) is 1. The van der Waals surface area contributed by atoms with Crippen molar-refractivity contribution >= 4 is 5.97 Å². The molecule has 0 amide bonds. The molecule has 3 nitrogen and oxygen atoms in total. The summed E-state index contributed by atoms with van der Waals surface area (Å²) in [4.78, 5) is 14.4. The number of ether oxygens (including phenoxy) is 1. The molecule has 0 saturated carbocycles. The molecular formula is C15H27NO2. The van der Waals surface area contributed by atoms with E-state index < -0.39 is 0 Å². The molecule has 2 heterocycles. The maximum atomic E-state index is 11.7. The van der Waals surface area contributed by atoms with Crippen LogP contribution in [0, 0.1) is 11.8 Å². The van der Waals surface area contributed by atoms with Crippen molar-refractivity contribution in [2.24, 2.45) is 11.8 Å². The first-order chi connectivity index (χ1) is 8.72. The van der Waals surface area contributed by atoms with Crippen molar-refractivity contribution in [1.82, 2.24) is 4.90 Å². The largest absolute Gasteiger partial charge is 0.465 e. The Labute approximate surface area is 111 Å². The Bertz CT molecular complexity index is 278. The summed E-state index contributed by atoms with van der Waals surface area (Å²) in [6.07, 6.45) is 7.36. The Morgan fingerprint density at radius 3 is 2.83 bits per heavy atom. The summed E-state index contributed by atoms with van der Waals surface area (Å²) >= 11 is 0. The maximum absolute atomic E-state index is 11.7. The van der Waals surface area contributed by atoms with Gasteiger partial charge in [0.2, 0.25) is 0 Å². The number of hydrogen-bond acceptors (Lipinski definition) is 3. The van der Waals surface area contributed by atoms with E-state index in [0.29, 0.717) is 18.6 Å². The molecule has 2 saturated heterocycles. The average Bonchev–Trinajstić information content (AvgIpc) is 2.43. The number of fused-ring (bicyclic) bond motifs is 1. The summed E-state index contributed by atoms with van der Waals surface area (Å²) in [5.74, 6) is 0.619. The van der Waals surface area contributed by atoms with Crippen LogP contribution in [0.15, 0.2) is 0 Å². The predicted molar refractivity (Wildman–Crippen MR) is 72.4 cm³/mol. The van der Waals surface area contributed by atoms with Gasteiger partial charge in [-0.25, -0.2) is 0 Å². The van der Waals surface area contributed by atoms with Crippen LogP contribution in [0.1, 0.15) is 52.4 Å². The van der Waals surface area contributed by atoms with Crippen molar-refractivity contribution in [3.05, 3.63) is 0 Å². The van der Waals surface area contributed by atoms with Gasteiger partial charge >= 0.3 is 5.97 Å². The number of carbonyl (C=O) groups is 1. The Morgan fingerprint density at radius 2 is 2.06 bits per heavy atom. The molecule has 0 radical (unpaired) electrons. The lowest BCUT2D eigenvalue weighted by Gasteiger charge is -2.44. The molecule has 3 atom stereocenters. The van der Waals surface area contributed by atoms with Gasteiger partial charge in [-0.2, -0.15) is 0 Å². The lowest BCUT2D eigenvalue weighted by molar-refractivity contribution is -0.151. The Hall–Kier alpha value is -0.570. The number of hydrogen-bond donors (Lipinski definition) is 0. The molecule has 0 aromatic rings. The van der Waals surface area contributed by atoms with E-state index in [0.717, 1.165) is 6.42 Å². The Kier molecular flexibility index (Phi) is 5.04. The molecule has 0 aliphatic carbocycles. The molecule has 0 aromatic carbocycles. The molecule has 3 unspecified atom stereocenters. The van der Waals surface area contributed by atoms with Gasteiger partial charge in [0.15, 0.2) is 0 Å². The average molecular weight is 253 g/mol. The Morgan fingerprint density at radius 1 is 1.28 bits per heavy atom. The van der Waals surface area contributed by atoms with E-state index in [4.69, 9.17) is 4.74 Å². The van der Waals surface area contributed by atoms with E-state index in [-0.39, 0.29) is 11.9 Å². The van der Waals surface area contributed by atoms with Crippen molar-refractivity contribution in [3.63, 3.8) is 0 Å². The molecule has 0 bridgehead atoms. The highest BCUT2D eigenvalue weighted by Crippen LogP contribution is 2.31. The fraction of sp³-hybridized carbons (Fsp3) is 0.933.